The maximum Gasteiger partial charge on any atom is 0.123 e. The van der Waals surface area contributed by atoms with Crippen molar-refractivity contribution in [3.8, 4) is 0 Å². The molecule has 0 aliphatic heterocycles. The Hall–Kier alpha value is -1.45. The third kappa shape index (κ3) is 3.06. The highest BCUT2D eigenvalue weighted by Crippen LogP contribution is 2.23. The number of rotatable bonds is 4. The molecule has 2 aromatic rings. The highest BCUT2D eigenvalue weighted by molar-refractivity contribution is 6.31. The maximum atomic E-state index is 13.2. The van der Waals surface area contributed by atoms with Crippen LogP contribution in [0.2, 0.25) is 5.02 Å². The van der Waals surface area contributed by atoms with Crippen molar-refractivity contribution >= 4 is 11.6 Å². The molecule has 0 aliphatic rings. The fourth-order valence-electron chi connectivity index (χ4n) is 1.89. The summed E-state index contributed by atoms with van der Waals surface area (Å²) in [6, 6.07) is 8.36. The van der Waals surface area contributed by atoms with Crippen LogP contribution in [0.4, 0.5) is 4.39 Å². The van der Waals surface area contributed by atoms with Gasteiger partial charge in [-0.25, -0.2) is 4.39 Å². The first-order chi connectivity index (χ1) is 8.70. The molecule has 1 aromatic heterocycles. The Balaban J connectivity index is 2.23. The van der Waals surface area contributed by atoms with Crippen LogP contribution in [0.15, 0.2) is 42.7 Å². The summed E-state index contributed by atoms with van der Waals surface area (Å²) in [4.78, 5) is 4.09. The molecular weight excluding hydrogens is 251 g/mol. The van der Waals surface area contributed by atoms with Gasteiger partial charge in [-0.1, -0.05) is 17.7 Å². The van der Waals surface area contributed by atoms with E-state index < -0.39 is 0 Å². The van der Waals surface area contributed by atoms with E-state index in [1.807, 2.05) is 19.2 Å². The van der Waals surface area contributed by atoms with Gasteiger partial charge in [0.2, 0.25) is 0 Å². The molecule has 0 saturated heterocycles. The van der Waals surface area contributed by atoms with Crippen molar-refractivity contribution in [1.29, 1.82) is 0 Å². The fourth-order valence-corrected chi connectivity index (χ4v) is 2.08. The van der Waals surface area contributed by atoms with Crippen LogP contribution in [-0.4, -0.2) is 12.0 Å². The van der Waals surface area contributed by atoms with E-state index in [0.29, 0.717) is 11.4 Å². The minimum Gasteiger partial charge on any atom is -0.313 e. The summed E-state index contributed by atoms with van der Waals surface area (Å²) in [5.41, 5.74) is 1.85. The third-order valence-corrected chi connectivity index (χ3v) is 3.24. The highest BCUT2D eigenvalue weighted by Gasteiger charge is 2.12. The molecule has 0 amide bonds. The van der Waals surface area contributed by atoms with E-state index in [-0.39, 0.29) is 11.9 Å². The molecule has 94 valence electrons. The standard InChI is InChI=1S/C14H14ClFN2/c1-17-14(10-3-2-6-18-9-10)8-11-7-12(16)4-5-13(11)15/h2-7,9,14,17H,8H2,1H3. The zero-order valence-electron chi connectivity index (χ0n) is 10.0. The van der Waals surface area contributed by atoms with Gasteiger partial charge >= 0.3 is 0 Å². The van der Waals surface area contributed by atoms with Gasteiger partial charge in [0, 0.05) is 23.5 Å². The number of nitrogens with zero attached hydrogens (tertiary/aromatic N) is 1. The Bertz CT molecular complexity index is 516. The number of aromatic nitrogens is 1. The largest absolute Gasteiger partial charge is 0.313 e. The second-order valence-electron chi connectivity index (χ2n) is 4.07. The molecule has 18 heavy (non-hydrogen) atoms. The van der Waals surface area contributed by atoms with Gasteiger partial charge in [0.25, 0.3) is 0 Å². The van der Waals surface area contributed by atoms with Crippen molar-refractivity contribution in [2.24, 2.45) is 0 Å². The molecule has 0 saturated carbocycles. The summed E-state index contributed by atoms with van der Waals surface area (Å²) in [5, 5.41) is 3.78. The summed E-state index contributed by atoms with van der Waals surface area (Å²) in [7, 11) is 1.87. The lowest BCUT2D eigenvalue weighted by Crippen LogP contribution is -2.19. The van der Waals surface area contributed by atoms with Gasteiger partial charge in [-0.05, 0) is 48.9 Å². The average molecular weight is 265 g/mol. The van der Waals surface area contributed by atoms with Gasteiger partial charge in [-0.3, -0.25) is 4.98 Å². The van der Waals surface area contributed by atoms with E-state index in [9.17, 15) is 4.39 Å². The van der Waals surface area contributed by atoms with Crippen LogP contribution < -0.4 is 5.32 Å². The lowest BCUT2D eigenvalue weighted by Gasteiger charge is -2.17. The third-order valence-electron chi connectivity index (χ3n) is 2.87. The molecule has 1 heterocycles. The van der Waals surface area contributed by atoms with Crippen LogP contribution in [0.1, 0.15) is 17.2 Å². The SMILES string of the molecule is CNC(Cc1cc(F)ccc1Cl)c1cccnc1. The van der Waals surface area contributed by atoms with Gasteiger partial charge in [0.1, 0.15) is 5.82 Å². The second-order valence-corrected chi connectivity index (χ2v) is 4.47. The average Bonchev–Trinajstić information content (AvgIpc) is 2.41. The van der Waals surface area contributed by atoms with Crippen molar-refractivity contribution in [2.45, 2.75) is 12.5 Å². The monoisotopic (exact) mass is 264 g/mol. The smallest absolute Gasteiger partial charge is 0.123 e. The van der Waals surface area contributed by atoms with Crippen molar-refractivity contribution < 1.29 is 4.39 Å². The fraction of sp³-hybridized carbons (Fsp3) is 0.214. The molecule has 2 nitrogen and oxygen atoms in total. The summed E-state index contributed by atoms with van der Waals surface area (Å²) in [6.45, 7) is 0. The predicted molar refractivity (Wildman–Crippen MR) is 71.2 cm³/mol. The number of nitrogens with one attached hydrogen (secondary N) is 1. The second kappa shape index (κ2) is 5.94. The Morgan fingerprint density at radius 2 is 2.22 bits per heavy atom. The molecule has 2 rings (SSSR count). The van der Waals surface area contributed by atoms with Crippen LogP contribution in [0.5, 0.6) is 0 Å². The van der Waals surface area contributed by atoms with E-state index in [4.69, 9.17) is 11.6 Å². The number of benzene rings is 1. The van der Waals surface area contributed by atoms with E-state index in [2.05, 4.69) is 10.3 Å². The van der Waals surface area contributed by atoms with Crippen LogP contribution in [0, 0.1) is 5.82 Å². The molecule has 4 heteroatoms. The molecule has 0 radical (unpaired) electrons. The molecule has 0 bridgehead atoms. The van der Waals surface area contributed by atoms with Gasteiger partial charge in [0.15, 0.2) is 0 Å². The summed E-state index contributed by atoms with van der Waals surface area (Å²) in [5.74, 6) is -0.268. The molecule has 0 fully saturated rings. The van der Waals surface area contributed by atoms with Crippen LogP contribution >= 0.6 is 11.6 Å². The van der Waals surface area contributed by atoms with Crippen LogP contribution in [-0.2, 0) is 6.42 Å². The zero-order chi connectivity index (χ0) is 13.0. The van der Waals surface area contributed by atoms with E-state index in [1.165, 1.54) is 12.1 Å². The maximum absolute atomic E-state index is 13.2. The highest BCUT2D eigenvalue weighted by atomic mass is 35.5. The first-order valence-electron chi connectivity index (χ1n) is 5.72. The summed E-state index contributed by atoms with van der Waals surface area (Å²) in [6.07, 6.45) is 4.15. The van der Waals surface area contributed by atoms with E-state index in [1.54, 1.807) is 18.5 Å². The van der Waals surface area contributed by atoms with Gasteiger partial charge in [0.05, 0.1) is 0 Å². The lowest BCUT2D eigenvalue weighted by atomic mass is 10.0. The Kier molecular flexibility index (Phi) is 4.28. The van der Waals surface area contributed by atoms with Crippen molar-refractivity contribution in [1.82, 2.24) is 10.3 Å². The zero-order valence-corrected chi connectivity index (χ0v) is 10.8. The van der Waals surface area contributed by atoms with E-state index >= 15 is 0 Å². The lowest BCUT2D eigenvalue weighted by molar-refractivity contribution is 0.582. The Morgan fingerprint density at radius 3 is 2.89 bits per heavy atom. The Labute approximate surface area is 111 Å². The van der Waals surface area contributed by atoms with Crippen LogP contribution in [0.25, 0.3) is 0 Å². The summed E-state index contributed by atoms with van der Waals surface area (Å²) < 4.78 is 13.2. The first-order valence-corrected chi connectivity index (χ1v) is 6.09. The van der Waals surface area contributed by atoms with Gasteiger partial charge < -0.3 is 5.32 Å². The number of pyridine rings is 1. The normalized spacial score (nSPS) is 12.4. The van der Waals surface area contributed by atoms with Gasteiger partial charge in [-0.15, -0.1) is 0 Å². The molecule has 1 N–H and O–H groups in total. The first kappa shape index (κ1) is 13.0. The molecule has 1 aromatic carbocycles. The quantitative estimate of drug-likeness (QED) is 0.916. The number of hydrogen-bond acceptors (Lipinski definition) is 2. The molecule has 1 atom stereocenters. The predicted octanol–water partition coefficient (Wildman–Crippen LogP) is 3.38. The minimum atomic E-state index is -0.268. The number of hydrogen-bond donors (Lipinski definition) is 1. The topological polar surface area (TPSA) is 24.9 Å². The Morgan fingerprint density at radius 1 is 1.39 bits per heavy atom. The van der Waals surface area contributed by atoms with Crippen molar-refractivity contribution in [3.05, 3.63) is 64.7 Å². The van der Waals surface area contributed by atoms with E-state index in [0.717, 1.165) is 11.1 Å². The minimum absolute atomic E-state index is 0.0676. The molecule has 0 aliphatic carbocycles. The summed E-state index contributed by atoms with van der Waals surface area (Å²) >= 11 is 6.07. The van der Waals surface area contributed by atoms with Crippen molar-refractivity contribution in [2.75, 3.05) is 7.05 Å². The molecule has 0 spiro atoms. The van der Waals surface area contributed by atoms with Gasteiger partial charge in [-0.2, -0.15) is 0 Å². The molecular formula is C14H14ClFN2. The van der Waals surface area contributed by atoms with Crippen molar-refractivity contribution in [3.63, 3.8) is 0 Å². The van der Waals surface area contributed by atoms with Crippen LogP contribution in [0.3, 0.4) is 0 Å². The number of halogens is 2. The molecule has 1 unspecified atom stereocenters. The number of likely N-dealkylation sites (N-methyl/N-ethyl adjacent to an activating group) is 1.